The molecule has 14 heavy (non-hydrogen) atoms. The van der Waals surface area contributed by atoms with Gasteiger partial charge in [0.2, 0.25) is 0 Å². The van der Waals surface area contributed by atoms with Gasteiger partial charge in [0.25, 0.3) is 0 Å². The van der Waals surface area contributed by atoms with Crippen LogP contribution in [-0.4, -0.2) is 34.9 Å². The van der Waals surface area contributed by atoms with Crippen LogP contribution in [0.25, 0.3) is 0 Å². The monoisotopic (exact) mass is 217 g/mol. The minimum atomic E-state index is 0.236. The molecule has 0 spiro atoms. The van der Waals surface area contributed by atoms with Gasteiger partial charge in [0.15, 0.2) is 5.12 Å². The van der Waals surface area contributed by atoms with E-state index in [-0.39, 0.29) is 5.12 Å². The first-order valence-corrected chi connectivity index (χ1v) is 6.37. The summed E-state index contributed by atoms with van der Waals surface area (Å²) in [5.74, 6) is 0. The molecule has 1 unspecified atom stereocenters. The van der Waals surface area contributed by atoms with Crippen molar-refractivity contribution >= 4 is 16.9 Å². The van der Waals surface area contributed by atoms with Gasteiger partial charge in [-0.2, -0.15) is 0 Å². The Labute approximate surface area is 92.4 Å². The minimum Gasteiger partial charge on any atom is -0.304 e. The molecule has 0 heterocycles. The Kier molecular flexibility index (Phi) is 8.29. The number of nitrogens with zero attached hydrogens (tertiary/aromatic N) is 1. The van der Waals surface area contributed by atoms with Gasteiger partial charge in [-0.15, -0.1) is 0 Å². The van der Waals surface area contributed by atoms with Gasteiger partial charge < -0.3 is 4.90 Å². The van der Waals surface area contributed by atoms with E-state index in [2.05, 4.69) is 25.7 Å². The van der Waals surface area contributed by atoms with Crippen LogP contribution in [0.15, 0.2) is 0 Å². The Morgan fingerprint density at radius 2 is 1.93 bits per heavy atom. The zero-order chi connectivity index (χ0) is 11.0. The van der Waals surface area contributed by atoms with Crippen molar-refractivity contribution in [1.82, 2.24) is 4.90 Å². The average Bonchev–Trinajstić information content (AvgIpc) is 2.11. The van der Waals surface area contributed by atoms with Crippen LogP contribution in [0, 0.1) is 0 Å². The molecule has 0 bridgehead atoms. The highest BCUT2D eigenvalue weighted by Gasteiger charge is 2.06. The summed E-state index contributed by atoms with van der Waals surface area (Å²) in [4.78, 5) is 13.2. The van der Waals surface area contributed by atoms with E-state index in [9.17, 15) is 4.79 Å². The van der Waals surface area contributed by atoms with Crippen molar-refractivity contribution in [3.63, 3.8) is 0 Å². The van der Waals surface area contributed by atoms with Gasteiger partial charge in [0.1, 0.15) is 0 Å². The van der Waals surface area contributed by atoms with Crippen molar-refractivity contribution in [2.75, 3.05) is 19.6 Å². The van der Waals surface area contributed by atoms with Gasteiger partial charge in [-0.3, -0.25) is 4.79 Å². The molecule has 0 aromatic heterocycles. The van der Waals surface area contributed by atoms with Gasteiger partial charge in [0, 0.05) is 12.2 Å². The van der Waals surface area contributed by atoms with E-state index in [4.69, 9.17) is 0 Å². The second kappa shape index (κ2) is 8.30. The molecule has 3 heteroatoms. The van der Waals surface area contributed by atoms with E-state index >= 15 is 0 Å². The van der Waals surface area contributed by atoms with Crippen molar-refractivity contribution < 1.29 is 4.79 Å². The third-order valence-corrected chi connectivity index (χ3v) is 3.32. The summed E-state index contributed by atoms with van der Waals surface area (Å²) < 4.78 is 0. The van der Waals surface area contributed by atoms with Crippen LogP contribution in [0.5, 0.6) is 0 Å². The third-order valence-electron chi connectivity index (χ3n) is 2.35. The molecule has 2 nitrogen and oxygen atoms in total. The summed E-state index contributed by atoms with van der Waals surface area (Å²) in [7, 11) is 0. The Morgan fingerprint density at radius 3 is 2.36 bits per heavy atom. The lowest BCUT2D eigenvalue weighted by molar-refractivity contribution is -0.109. The number of rotatable bonds is 7. The molecule has 84 valence electrons. The molecule has 0 aliphatic carbocycles. The van der Waals surface area contributed by atoms with E-state index in [0.717, 1.165) is 26.1 Å². The number of carbonyl (C=O) groups excluding carboxylic acids is 1. The molecule has 1 atom stereocenters. The van der Waals surface area contributed by atoms with Crippen LogP contribution >= 0.6 is 11.8 Å². The Balaban J connectivity index is 3.47. The maximum absolute atomic E-state index is 10.8. The molecule has 0 N–H and O–H groups in total. The molecule has 0 fully saturated rings. The van der Waals surface area contributed by atoms with Gasteiger partial charge >= 0.3 is 0 Å². The fourth-order valence-electron chi connectivity index (χ4n) is 1.48. The molecule has 0 rings (SSSR count). The SMILES string of the molecule is CCN(CC)CCCC(C)SC(C)=O. The predicted molar refractivity (Wildman–Crippen MR) is 64.8 cm³/mol. The fraction of sp³-hybridized carbons (Fsp3) is 0.909. The standard InChI is InChI=1S/C11H23NOS/c1-5-12(6-2)9-7-8-10(3)14-11(4)13/h10H,5-9H2,1-4H3. The molecular weight excluding hydrogens is 194 g/mol. The molecule has 0 aliphatic rings. The number of hydrogen-bond donors (Lipinski definition) is 0. The molecule has 0 aromatic carbocycles. The molecule has 0 aliphatic heterocycles. The molecule has 0 amide bonds. The minimum absolute atomic E-state index is 0.236. The average molecular weight is 217 g/mol. The quantitative estimate of drug-likeness (QED) is 0.654. The normalized spacial score (nSPS) is 13.2. The van der Waals surface area contributed by atoms with E-state index < -0.39 is 0 Å². The Morgan fingerprint density at radius 1 is 1.36 bits per heavy atom. The number of hydrogen-bond acceptors (Lipinski definition) is 3. The first kappa shape index (κ1) is 14.0. The van der Waals surface area contributed by atoms with Crippen molar-refractivity contribution in [2.45, 2.75) is 45.8 Å². The third kappa shape index (κ3) is 7.39. The Bertz CT molecular complexity index is 157. The zero-order valence-electron chi connectivity index (χ0n) is 9.88. The molecule has 0 saturated heterocycles. The van der Waals surface area contributed by atoms with Crippen LogP contribution < -0.4 is 0 Å². The van der Waals surface area contributed by atoms with Gasteiger partial charge in [-0.1, -0.05) is 32.5 Å². The van der Waals surface area contributed by atoms with Crippen molar-refractivity contribution in [2.24, 2.45) is 0 Å². The Hall–Kier alpha value is -0.0200. The highest BCUT2D eigenvalue weighted by atomic mass is 32.2. The van der Waals surface area contributed by atoms with Crippen LogP contribution in [-0.2, 0) is 4.79 Å². The summed E-state index contributed by atoms with van der Waals surface area (Å²) in [6.07, 6.45) is 2.34. The van der Waals surface area contributed by atoms with E-state index in [1.165, 1.54) is 18.2 Å². The highest BCUT2D eigenvalue weighted by Crippen LogP contribution is 2.16. The molecule has 0 radical (unpaired) electrons. The van der Waals surface area contributed by atoms with Crippen molar-refractivity contribution in [3.8, 4) is 0 Å². The molecule has 0 aromatic rings. The number of thioether (sulfide) groups is 1. The topological polar surface area (TPSA) is 20.3 Å². The second-order valence-electron chi connectivity index (χ2n) is 3.59. The van der Waals surface area contributed by atoms with Crippen LogP contribution in [0.3, 0.4) is 0 Å². The number of carbonyl (C=O) groups is 1. The maximum atomic E-state index is 10.8. The summed E-state index contributed by atoms with van der Waals surface area (Å²) in [6.45, 7) is 11.6. The maximum Gasteiger partial charge on any atom is 0.186 e. The first-order valence-electron chi connectivity index (χ1n) is 5.49. The predicted octanol–water partition coefficient (Wildman–Crippen LogP) is 2.78. The lowest BCUT2D eigenvalue weighted by Gasteiger charge is -2.18. The largest absolute Gasteiger partial charge is 0.304 e. The van der Waals surface area contributed by atoms with Gasteiger partial charge in [-0.05, 0) is 32.5 Å². The highest BCUT2D eigenvalue weighted by molar-refractivity contribution is 8.14. The first-order chi connectivity index (χ1) is 6.60. The zero-order valence-corrected chi connectivity index (χ0v) is 10.7. The van der Waals surface area contributed by atoms with Crippen LogP contribution in [0.1, 0.15) is 40.5 Å². The van der Waals surface area contributed by atoms with E-state index in [1.807, 2.05) is 0 Å². The lowest BCUT2D eigenvalue weighted by atomic mass is 10.2. The molecular formula is C11H23NOS. The van der Waals surface area contributed by atoms with E-state index in [1.54, 1.807) is 6.92 Å². The summed E-state index contributed by atoms with van der Waals surface area (Å²) >= 11 is 1.46. The summed E-state index contributed by atoms with van der Waals surface area (Å²) in [6, 6.07) is 0. The van der Waals surface area contributed by atoms with Crippen molar-refractivity contribution in [1.29, 1.82) is 0 Å². The smallest absolute Gasteiger partial charge is 0.186 e. The van der Waals surface area contributed by atoms with Gasteiger partial charge in [0.05, 0.1) is 0 Å². The van der Waals surface area contributed by atoms with E-state index in [0.29, 0.717) is 5.25 Å². The van der Waals surface area contributed by atoms with Crippen molar-refractivity contribution in [3.05, 3.63) is 0 Å². The summed E-state index contributed by atoms with van der Waals surface area (Å²) in [5, 5.41) is 0.711. The fourth-order valence-corrected chi connectivity index (χ4v) is 2.34. The molecule has 0 saturated carbocycles. The van der Waals surface area contributed by atoms with Crippen LogP contribution in [0.2, 0.25) is 0 Å². The second-order valence-corrected chi connectivity index (χ2v) is 5.20. The van der Waals surface area contributed by atoms with Gasteiger partial charge in [-0.25, -0.2) is 0 Å². The lowest BCUT2D eigenvalue weighted by Crippen LogP contribution is -2.24. The summed E-state index contributed by atoms with van der Waals surface area (Å²) in [5.41, 5.74) is 0. The van der Waals surface area contributed by atoms with Crippen LogP contribution in [0.4, 0.5) is 0 Å².